The van der Waals surface area contributed by atoms with Gasteiger partial charge in [-0.1, -0.05) is 80.6 Å². The predicted octanol–water partition coefficient (Wildman–Crippen LogP) is 5.49. The Kier molecular flexibility index (Phi) is 5.69. The summed E-state index contributed by atoms with van der Waals surface area (Å²) < 4.78 is 5.77. The molecular weight excluding hydrogens is 322 g/mol. The minimum absolute atomic E-state index is 0.0210. The SMILES string of the molecule is CC(C)c1ccccc1OCC(=O)Nc1ccccc1-c1ccccc1. The van der Waals surface area contributed by atoms with Gasteiger partial charge in [0.05, 0.1) is 0 Å². The zero-order valence-electron chi connectivity index (χ0n) is 15.1. The molecule has 0 aromatic heterocycles. The van der Waals surface area contributed by atoms with Gasteiger partial charge in [-0.05, 0) is 29.2 Å². The van der Waals surface area contributed by atoms with Gasteiger partial charge in [0, 0.05) is 11.3 Å². The molecule has 1 amide bonds. The molecule has 26 heavy (non-hydrogen) atoms. The van der Waals surface area contributed by atoms with E-state index in [1.54, 1.807) is 0 Å². The van der Waals surface area contributed by atoms with Crippen LogP contribution in [0.1, 0.15) is 25.3 Å². The Bertz CT molecular complexity index is 872. The first-order valence-corrected chi connectivity index (χ1v) is 8.81. The van der Waals surface area contributed by atoms with Crippen molar-refractivity contribution in [2.24, 2.45) is 0 Å². The van der Waals surface area contributed by atoms with Crippen LogP contribution < -0.4 is 10.1 Å². The smallest absolute Gasteiger partial charge is 0.262 e. The molecule has 3 nitrogen and oxygen atoms in total. The molecule has 0 aliphatic carbocycles. The molecule has 0 unspecified atom stereocenters. The third-order valence-corrected chi connectivity index (χ3v) is 4.19. The number of nitrogens with one attached hydrogen (secondary N) is 1. The summed E-state index contributed by atoms with van der Waals surface area (Å²) >= 11 is 0. The zero-order chi connectivity index (χ0) is 18.4. The number of anilines is 1. The van der Waals surface area contributed by atoms with E-state index in [0.29, 0.717) is 5.92 Å². The standard InChI is InChI=1S/C23H23NO2/c1-17(2)19-12-7-9-15-22(19)26-16-23(25)24-21-14-8-6-13-20(21)18-10-4-3-5-11-18/h3-15,17H,16H2,1-2H3,(H,24,25). The summed E-state index contributed by atoms with van der Waals surface area (Å²) in [4.78, 5) is 12.4. The van der Waals surface area contributed by atoms with Gasteiger partial charge in [0.2, 0.25) is 0 Å². The second-order valence-electron chi connectivity index (χ2n) is 6.44. The first-order valence-electron chi connectivity index (χ1n) is 8.81. The maximum absolute atomic E-state index is 12.4. The summed E-state index contributed by atoms with van der Waals surface area (Å²) in [6, 6.07) is 25.6. The molecule has 0 spiro atoms. The van der Waals surface area contributed by atoms with Crippen LogP contribution in [0.5, 0.6) is 5.75 Å². The molecule has 0 aliphatic rings. The van der Waals surface area contributed by atoms with Crippen molar-refractivity contribution >= 4 is 11.6 Å². The minimum Gasteiger partial charge on any atom is -0.483 e. The first-order chi connectivity index (χ1) is 12.6. The fraction of sp³-hybridized carbons (Fsp3) is 0.174. The lowest BCUT2D eigenvalue weighted by atomic mass is 10.0. The first kappa shape index (κ1) is 17.7. The van der Waals surface area contributed by atoms with Crippen molar-refractivity contribution in [1.82, 2.24) is 0 Å². The van der Waals surface area contributed by atoms with Crippen molar-refractivity contribution < 1.29 is 9.53 Å². The van der Waals surface area contributed by atoms with Crippen LogP contribution in [0, 0.1) is 0 Å². The lowest BCUT2D eigenvalue weighted by molar-refractivity contribution is -0.118. The third kappa shape index (κ3) is 4.31. The molecule has 0 saturated heterocycles. The lowest BCUT2D eigenvalue weighted by Crippen LogP contribution is -2.21. The number of ether oxygens (including phenoxy) is 1. The molecule has 0 heterocycles. The average Bonchev–Trinajstić information content (AvgIpc) is 2.67. The largest absolute Gasteiger partial charge is 0.483 e. The van der Waals surface area contributed by atoms with E-state index in [4.69, 9.17) is 4.74 Å². The molecule has 3 rings (SSSR count). The fourth-order valence-electron chi connectivity index (χ4n) is 2.88. The maximum atomic E-state index is 12.4. The Hall–Kier alpha value is -3.07. The summed E-state index contributed by atoms with van der Waals surface area (Å²) in [5.74, 6) is 0.925. The molecule has 0 fully saturated rings. The Labute approximate surface area is 154 Å². The summed E-state index contributed by atoms with van der Waals surface area (Å²) in [5, 5.41) is 2.96. The number of benzene rings is 3. The number of hydrogen-bond donors (Lipinski definition) is 1. The van der Waals surface area contributed by atoms with Gasteiger partial charge in [0.1, 0.15) is 5.75 Å². The number of carbonyl (C=O) groups excluding carboxylic acids is 1. The monoisotopic (exact) mass is 345 g/mol. The summed E-state index contributed by atoms with van der Waals surface area (Å²) in [6.45, 7) is 4.20. The van der Waals surface area contributed by atoms with Crippen LogP contribution in [-0.2, 0) is 4.79 Å². The normalized spacial score (nSPS) is 10.6. The molecule has 3 heteroatoms. The van der Waals surface area contributed by atoms with Gasteiger partial charge in [-0.2, -0.15) is 0 Å². The van der Waals surface area contributed by atoms with Crippen LogP contribution in [0.15, 0.2) is 78.9 Å². The molecule has 0 radical (unpaired) electrons. The Balaban J connectivity index is 1.70. The van der Waals surface area contributed by atoms with E-state index in [-0.39, 0.29) is 12.5 Å². The zero-order valence-corrected chi connectivity index (χ0v) is 15.1. The molecule has 3 aromatic rings. The van der Waals surface area contributed by atoms with Gasteiger partial charge in [0.15, 0.2) is 6.61 Å². The number of hydrogen-bond acceptors (Lipinski definition) is 2. The molecule has 132 valence electrons. The molecule has 0 saturated carbocycles. The Morgan fingerprint density at radius 1 is 0.885 bits per heavy atom. The molecule has 3 aromatic carbocycles. The number of para-hydroxylation sites is 2. The van der Waals surface area contributed by atoms with Gasteiger partial charge in [-0.15, -0.1) is 0 Å². The van der Waals surface area contributed by atoms with Crippen LogP contribution in [0.3, 0.4) is 0 Å². The topological polar surface area (TPSA) is 38.3 Å². The maximum Gasteiger partial charge on any atom is 0.262 e. The fourth-order valence-corrected chi connectivity index (χ4v) is 2.88. The van der Waals surface area contributed by atoms with Crippen LogP contribution in [0.4, 0.5) is 5.69 Å². The highest BCUT2D eigenvalue weighted by molar-refractivity contribution is 5.96. The van der Waals surface area contributed by atoms with Crippen molar-refractivity contribution in [1.29, 1.82) is 0 Å². The summed E-state index contributed by atoms with van der Waals surface area (Å²) in [7, 11) is 0. The lowest BCUT2D eigenvalue weighted by Gasteiger charge is -2.15. The van der Waals surface area contributed by atoms with Gasteiger partial charge in [0.25, 0.3) is 5.91 Å². The number of carbonyl (C=O) groups is 1. The van der Waals surface area contributed by atoms with Gasteiger partial charge < -0.3 is 10.1 Å². The van der Waals surface area contributed by atoms with E-state index in [0.717, 1.165) is 28.1 Å². The molecule has 0 aliphatic heterocycles. The van der Waals surface area contributed by atoms with Crippen LogP contribution >= 0.6 is 0 Å². The van der Waals surface area contributed by atoms with Gasteiger partial charge in [-0.3, -0.25) is 4.79 Å². The van der Waals surface area contributed by atoms with E-state index in [1.807, 2.05) is 78.9 Å². The predicted molar refractivity (Wildman–Crippen MR) is 107 cm³/mol. The summed E-state index contributed by atoms with van der Waals surface area (Å²) in [6.07, 6.45) is 0. The van der Waals surface area contributed by atoms with Crippen molar-refractivity contribution in [3.63, 3.8) is 0 Å². The van der Waals surface area contributed by atoms with E-state index < -0.39 is 0 Å². The van der Waals surface area contributed by atoms with E-state index in [1.165, 1.54) is 0 Å². The highest BCUT2D eigenvalue weighted by atomic mass is 16.5. The molecule has 1 N–H and O–H groups in total. The second-order valence-corrected chi connectivity index (χ2v) is 6.44. The highest BCUT2D eigenvalue weighted by Gasteiger charge is 2.11. The quantitative estimate of drug-likeness (QED) is 0.641. The van der Waals surface area contributed by atoms with E-state index in [2.05, 4.69) is 19.2 Å². The van der Waals surface area contributed by atoms with Gasteiger partial charge >= 0.3 is 0 Å². The van der Waals surface area contributed by atoms with Crippen LogP contribution in [0.25, 0.3) is 11.1 Å². The van der Waals surface area contributed by atoms with Crippen molar-refractivity contribution in [3.8, 4) is 16.9 Å². The second kappa shape index (κ2) is 8.34. The van der Waals surface area contributed by atoms with Crippen molar-refractivity contribution in [3.05, 3.63) is 84.4 Å². The molecular formula is C23H23NO2. The summed E-state index contributed by atoms with van der Waals surface area (Å²) in [5.41, 5.74) is 3.94. The Morgan fingerprint density at radius 3 is 2.31 bits per heavy atom. The van der Waals surface area contributed by atoms with E-state index in [9.17, 15) is 4.79 Å². The van der Waals surface area contributed by atoms with Crippen molar-refractivity contribution in [2.45, 2.75) is 19.8 Å². The molecule has 0 bridgehead atoms. The van der Waals surface area contributed by atoms with Crippen LogP contribution in [-0.4, -0.2) is 12.5 Å². The Morgan fingerprint density at radius 2 is 1.54 bits per heavy atom. The number of rotatable bonds is 6. The average molecular weight is 345 g/mol. The highest BCUT2D eigenvalue weighted by Crippen LogP contribution is 2.28. The van der Waals surface area contributed by atoms with Crippen molar-refractivity contribution in [2.75, 3.05) is 11.9 Å². The van der Waals surface area contributed by atoms with Gasteiger partial charge in [-0.25, -0.2) is 0 Å². The van der Waals surface area contributed by atoms with Crippen LogP contribution in [0.2, 0.25) is 0 Å². The third-order valence-electron chi connectivity index (χ3n) is 4.19. The minimum atomic E-state index is -0.174. The molecule has 0 atom stereocenters. The van der Waals surface area contributed by atoms with E-state index >= 15 is 0 Å². The number of amides is 1.